The predicted molar refractivity (Wildman–Crippen MR) is 79.0 cm³/mol. The Morgan fingerprint density at radius 1 is 1.10 bits per heavy atom. The Hall–Kier alpha value is -2.40. The lowest BCUT2D eigenvalue weighted by Crippen LogP contribution is -2.05. The number of benzene rings is 2. The maximum absolute atomic E-state index is 9.21. The molecule has 0 radical (unpaired) electrons. The minimum Gasteiger partial charge on any atom is -0.497 e. The van der Waals surface area contributed by atoms with E-state index in [1.807, 2.05) is 48.5 Å². The molecule has 20 heavy (non-hydrogen) atoms. The van der Waals surface area contributed by atoms with Crippen LogP contribution in [0.4, 0.5) is 0 Å². The SMILES string of the molecule is COc1ccc(-c2nc3ccccc3s/c2=N\O)cc1. The summed E-state index contributed by atoms with van der Waals surface area (Å²) < 4.78 is 6.62. The molecule has 0 aliphatic rings. The van der Waals surface area contributed by atoms with E-state index in [0.717, 1.165) is 21.5 Å². The number of hydrogen-bond acceptors (Lipinski definition) is 5. The van der Waals surface area contributed by atoms with E-state index in [0.29, 0.717) is 10.4 Å². The Labute approximate surface area is 119 Å². The fourth-order valence-corrected chi connectivity index (χ4v) is 2.84. The highest BCUT2D eigenvalue weighted by molar-refractivity contribution is 7.16. The van der Waals surface area contributed by atoms with Gasteiger partial charge in [-0.05, 0) is 36.4 Å². The molecular weight excluding hydrogens is 272 g/mol. The van der Waals surface area contributed by atoms with Gasteiger partial charge in [0.2, 0.25) is 0 Å². The van der Waals surface area contributed by atoms with Crippen molar-refractivity contribution in [3.63, 3.8) is 0 Å². The Kier molecular flexibility index (Phi) is 3.35. The van der Waals surface area contributed by atoms with E-state index in [1.54, 1.807) is 7.11 Å². The normalized spacial score (nSPS) is 11.8. The fraction of sp³-hybridized carbons (Fsp3) is 0.0667. The van der Waals surface area contributed by atoms with Gasteiger partial charge in [-0.1, -0.05) is 17.3 Å². The van der Waals surface area contributed by atoms with Crippen molar-refractivity contribution in [1.29, 1.82) is 0 Å². The van der Waals surface area contributed by atoms with E-state index < -0.39 is 0 Å². The molecule has 0 bridgehead atoms. The molecule has 0 fully saturated rings. The minimum absolute atomic E-state index is 0.494. The average molecular weight is 284 g/mol. The molecule has 3 aromatic rings. The molecule has 4 nitrogen and oxygen atoms in total. The second-order valence-corrected chi connectivity index (χ2v) is 5.19. The van der Waals surface area contributed by atoms with Gasteiger partial charge >= 0.3 is 0 Å². The Morgan fingerprint density at radius 2 is 1.85 bits per heavy atom. The van der Waals surface area contributed by atoms with Gasteiger partial charge in [0, 0.05) is 5.56 Å². The number of ether oxygens (including phenoxy) is 1. The molecule has 5 heteroatoms. The molecule has 1 aromatic heterocycles. The first-order valence-corrected chi connectivity index (χ1v) is 6.86. The molecule has 0 spiro atoms. The van der Waals surface area contributed by atoms with Crippen LogP contribution in [0.5, 0.6) is 5.75 Å². The molecular formula is C15H12N2O2S. The lowest BCUT2D eigenvalue weighted by atomic mass is 10.1. The van der Waals surface area contributed by atoms with Gasteiger partial charge in [0.1, 0.15) is 11.4 Å². The second-order valence-electron chi connectivity index (χ2n) is 4.16. The number of aromatic nitrogens is 1. The first-order valence-electron chi connectivity index (χ1n) is 6.04. The monoisotopic (exact) mass is 284 g/mol. The molecule has 2 aromatic carbocycles. The van der Waals surface area contributed by atoms with Crippen molar-refractivity contribution in [2.24, 2.45) is 5.16 Å². The molecule has 0 saturated heterocycles. The molecule has 0 atom stereocenters. The molecule has 0 aliphatic heterocycles. The highest BCUT2D eigenvalue weighted by Gasteiger charge is 2.07. The largest absolute Gasteiger partial charge is 0.497 e. The summed E-state index contributed by atoms with van der Waals surface area (Å²) >= 11 is 1.41. The molecule has 1 N–H and O–H groups in total. The zero-order valence-corrected chi connectivity index (χ0v) is 11.6. The summed E-state index contributed by atoms with van der Waals surface area (Å²) in [4.78, 5) is 4.59. The van der Waals surface area contributed by atoms with Crippen molar-refractivity contribution in [1.82, 2.24) is 4.98 Å². The van der Waals surface area contributed by atoms with Gasteiger partial charge < -0.3 is 9.94 Å². The van der Waals surface area contributed by atoms with Crippen molar-refractivity contribution in [2.45, 2.75) is 0 Å². The average Bonchev–Trinajstić information content (AvgIpc) is 2.53. The summed E-state index contributed by atoms with van der Waals surface area (Å²) in [5, 5.41) is 12.6. The van der Waals surface area contributed by atoms with Crippen LogP contribution in [0.2, 0.25) is 0 Å². The molecule has 0 unspecified atom stereocenters. The maximum Gasteiger partial charge on any atom is 0.182 e. The number of fused-ring (bicyclic) bond motifs is 1. The van der Waals surface area contributed by atoms with Gasteiger partial charge in [0.25, 0.3) is 0 Å². The van der Waals surface area contributed by atoms with Gasteiger partial charge in [0.15, 0.2) is 4.67 Å². The van der Waals surface area contributed by atoms with Gasteiger partial charge in [0.05, 0.1) is 17.3 Å². The van der Waals surface area contributed by atoms with Gasteiger partial charge in [-0.25, -0.2) is 4.98 Å². The highest BCUT2D eigenvalue weighted by atomic mass is 32.1. The molecule has 100 valence electrons. The van der Waals surface area contributed by atoms with E-state index in [4.69, 9.17) is 4.74 Å². The number of rotatable bonds is 2. The summed E-state index contributed by atoms with van der Waals surface area (Å²) in [6.45, 7) is 0. The van der Waals surface area contributed by atoms with E-state index in [9.17, 15) is 5.21 Å². The van der Waals surface area contributed by atoms with E-state index >= 15 is 0 Å². The second kappa shape index (κ2) is 5.30. The fourth-order valence-electron chi connectivity index (χ4n) is 1.96. The van der Waals surface area contributed by atoms with Crippen molar-refractivity contribution < 1.29 is 9.94 Å². The third kappa shape index (κ3) is 2.23. The summed E-state index contributed by atoms with van der Waals surface area (Å²) in [5.74, 6) is 0.778. The number of methoxy groups -OCH3 is 1. The highest BCUT2D eigenvalue weighted by Crippen LogP contribution is 2.22. The number of hydrogen-bond donors (Lipinski definition) is 1. The zero-order chi connectivity index (χ0) is 13.9. The zero-order valence-electron chi connectivity index (χ0n) is 10.8. The maximum atomic E-state index is 9.21. The van der Waals surface area contributed by atoms with Crippen LogP contribution in [0.25, 0.3) is 21.5 Å². The van der Waals surface area contributed by atoms with Crippen molar-refractivity contribution in [2.75, 3.05) is 7.11 Å². The smallest absolute Gasteiger partial charge is 0.182 e. The van der Waals surface area contributed by atoms with E-state index in [-0.39, 0.29) is 0 Å². The van der Waals surface area contributed by atoms with Crippen molar-refractivity contribution in [3.05, 3.63) is 53.2 Å². The van der Waals surface area contributed by atoms with E-state index in [1.165, 1.54) is 11.3 Å². The van der Waals surface area contributed by atoms with Gasteiger partial charge in [-0.15, -0.1) is 11.3 Å². The van der Waals surface area contributed by atoms with Crippen LogP contribution >= 0.6 is 11.3 Å². The molecule has 1 heterocycles. The van der Waals surface area contributed by atoms with Crippen LogP contribution in [-0.2, 0) is 0 Å². The topological polar surface area (TPSA) is 54.7 Å². The van der Waals surface area contributed by atoms with Crippen molar-refractivity contribution >= 4 is 21.6 Å². The van der Waals surface area contributed by atoms with Crippen LogP contribution in [0.3, 0.4) is 0 Å². The standard InChI is InChI=1S/C15H12N2O2S/c1-19-11-8-6-10(7-9-11)14-15(17-18)20-13-5-3-2-4-12(13)16-14/h2-9,18H,1H3/b17-15-. The van der Waals surface area contributed by atoms with Crippen LogP contribution in [0.15, 0.2) is 53.7 Å². The minimum atomic E-state index is 0.494. The summed E-state index contributed by atoms with van der Waals surface area (Å²) in [6, 6.07) is 15.3. The molecule has 0 saturated carbocycles. The number of para-hydroxylation sites is 1. The molecule has 0 amide bonds. The van der Waals surface area contributed by atoms with Crippen LogP contribution < -0.4 is 9.41 Å². The molecule has 3 rings (SSSR count). The van der Waals surface area contributed by atoms with E-state index in [2.05, 4.69) is 10.1 Å². The summed E-state index contributed by atoms with van der Waals surface area (Å²) in [6.07, 6.45) is 0. The van der Waals surface area contributed by atoms with Crippen LogP contribution in [0.1, 0.15) is 0 Å². The molecule has 0 aliphatic carbocycles. The summed E-state index contributed by atoms with van der Waals surface area (Å²) in [7, 11) is 1.62. The Balaban J connectivity index is 2.23. The Bertz CT molecular complexity index is 810. The third-order valence-corrected chi connectivity index (χ3v) is 3.99. The quantitative estimate of drug-likeness (QED) is 0.580. The first-order chi connectivity index (χ1) is 9.81. The predicted octanol–water partition coefficient (Wildman–Crippen LogP) is 3.26. The summed E-state index contributed by atoms with van der Waals surface area (Å²) in [5.41, 5.74) is 2.44. The third-order valence-electron chi connectivity index (χ3n) is 2.96. The van der Waals surface area contributed by atoms with Gasteiger partial charge in [-0.3, -0.25) is 0 Å². The Morgan fingerprint density at radius 3 is 2.55 bits per heavy atom. The lowest BCUT2D eigenvalue weighted by Gasteiger charge is -2.04. The van der Waals surface area contributed by atoms with Gasteiger partial charge in [-0.2, -0.15) is 0 Å². The van der Waals surface area contributed by atoms with Crippen LogP contribution in [0, 0.1) is 0 Å². The van der Waals surface area contributed by atoms with Crippen molar-refractivity contribution in [3.8, 4) is 17.0 Å². The van der Waals surface area contributed by atoms with Crippen LogP contribution in [-0.4, -0.2) is 17.3 Å². The first kappa shape index (κ1) is 12.6. The number of nitrogens with zero attached hydrogens (tertiary/aromatic N) is 2. The lowest BCUT2D eigenvalue weighted by molar-refractivity contribution is 0.304.